The van der Waals surface area contributed by atoms with Gasteiger partial charge in [0.1, 0.15) is 0 Å². The fraction of sp³-hybridized carbons (Fsp3) is 0.364. The monoisotopic (exact) mass is 239 g/mol. The number of para-hydroxylation sites is 1. The maximum atomic E-state index is 12.0. The second kappa shape index (κ2) is 3.31. The molecule has 0 bridgehead atoms. The number of rotatable bonds is 2. The van der Waals surface area contributed by atoms with Crippen molar-refractivity contribution < 1.29 is 13.2 Å². The molecule has 86 valence electrons. The zero-order valence-corrected chi connectivity index (χ0v) is 9.97. The van der Waals surface area contributed by atoms with Crippen LogP contribution in [0.25, 0.3) is 0 Å². The average Bonchev–Trinajstić information content (AvgIpc) is 2.53. The van der Waals surface area contributed by atoms with Gasteiger partial charge in [-0.2, -0.15) is 0 Å². The van der Waals surface area contributed by atoms with Gasteiger partial charge in [0.15, 0.2) is 14.6 Å². The molecule has 16 heavy (non-hydrogen) atoms. The lowest BCUT2D eigenvalue weighted by molar-refractivity contribution is -0.117. The molecule has 0 aromatic heterocycles. The number of carbonyl (C=O) groups is 1. The first-order valence-electron chi connectivity index (χ1n) is 5.06. The molecule has 0 fully saturated rings. The van der Waals surface area contributed by atoms with E-state index in [-0.39, 0.29) is 5.75 Å². The molecule has 1 aromatic rings. The predicted molar refractivity (Wildman–Crippen MR) is 61.9 cm³/mol. The molecule has 1 amide bonds. The maximum absolute atomic E-state index is 12.0. The minimum Gasteiger partial charge on any atom is -0.324 e. The highest BCUT2D eigenvalue weighted by Crippen LogP contribution is 2.41. The van der Waals surface area contributed by atoms with Crippen LogP contribution in [-0.2, 0) is 19.4 Å². The van der Waals surface area contributed by atoms with E-state index in [1.807, 2.05) is 0 Å². The third-order valence-electron chi connectivity index (χ3n) is 3.12. The Morgan fingerprint density at radius 3 is 2.56 bits per heavy atom. The molecule has 1 N–H and O–H groups in total. The largest absolute Gasteiger partial charge is 0.324 e. The number of benzene rings is 1. The van der Waals surface area contributed by atoms with E-state index in [1.54, 1.807) is 31.2 Å². The lowest BCUT2D eigenvalue weighted by atomic mass is 10.0. The fourth-order valence-electron chi connectivity index (χ4n) is 1.97. The standard InChI is InChI=1S/C11H13NO3S/c1-3-16(14,15)11(2)8-6-4-5-7-9(8)12-10(11)13/h4-7H,3H2,1-2H3,(H,12,13). The van der Waals surface area contributed by atoms with Gasteiger partial charge in [0.25, 0.3) is 0 Å². The van der Waals surface area contributed by atoms with Gasteiger partial charge < -0.3 is 5.32 Å². The Morgan fingerprint density at radius 2 is 1.94 bits per heavy atom. The van der Waals surface area contributed by atoms with Gasteiger partial charge in [-0.3, -0.25) is 4.79 Å². The van der Waals surface area contributed by atoms with E-state index in [4.69, 9.17) is 0 Å². The van der Waals surface area contributed by atoms with Gasteiger partial charge >= 0.3 is 0 Å². The summed E-state index contributed by atoms with van der Waals surface area (Å²) in [7, 11) is -3.47. The van der Waals surface area contributed by atoms with E-state index in [9.17, 15) is 13.2 Å². The average molecular weight is 239 g/mol. The van der Waals surface area contributed by atoms with Crippen molar-refractivity contribution in [2.75, 3.05) is 11.1 Å². The lowest BCUT2D eigenvalue weighted by Crippen LogP contribution is -2.40. The first-order chi connectivity index (χ1) is 7.43. The molecule has 1 heterocycles. The first kappa shape index (κ1) is 11.1. The quantitative estimate of drug-likeness (QED) is 0.845. The predicted octanol–water partition coefficient (Wildman–Crippen LogP) is 1.29. The number of amides is 1. The summed E-state index contributed by atoms with van der Waals surface area (Å²) in [5.74, 6) is -0.513. The van der Waals surface area contributed by atoms with Gasteiger partial charge in [-0.25, -0.2) is 8.42 Å². The Morgan fingerprint density at radius 1 is 1.31 bits per heavy atom. The number of carbonyl (C=O) groups excluding carboxylic acids is 1. The van der Waals surface area contributed by atoms with Gasteiger partial charge in [-0.1, -0.05) is 25.1 Å². The lowest BCUT2D eigenvalue weighted by Gasteiger charge is -2.21. The number of sulfone groups is 1. The molecule has 1 atom stereocenters. The van der Waals surface area contributed by atoms with Gasteiger partial charge in [0.05, 0.1) is 0 Å². The molecule has 0 saturated heterocycles. The van der Waals surface area contributed by atoms with E-state index in [0.29, 0.717) is 11.3 Å². The van der Waals surface area contributed by atoms with Crippen LogP contribution in [0.1, 0.15) is 19.4 Å². The Balaban J connectivity index is 2.72. The molecule has 1 aliphatic heterocycles. The van der Waals surface area contributed by atoms with Crippen molar-refractivity contribution in [1.82, 2.24) is 0 Å². The maximum Gasteiger partial charge on any atom is 0.250 e. The molecule has 0 aliphatic carbocycles. The van der Waals surface area contributed by atoms with Crippen LogP contribution in [0.3, 0.4) is 0 Å². The molecule has 0 radical (unpaired) electrons. The second-order valence-corrected chi connectivity index (χ2v) is 6.56. The fourth-order valence-corrected chi connectivity index (χ4v) is 3.39. The van der Waals surface area contributed by atoms with Crippen LogP contribution >= 0.6 is 0 Å². The molecule has 1 aliphatic rings. The highest BCUT2D eigenvalue weighted by Gasteiger charge is 2.51. The Labute approximate surface area is 94.6 Å². The zero-order valence-electron chi connectivity index (χ0n) is 9.15. The van der Waals surface area contributed by atoms with Crippen LogP contribution in [-0.4, -0.2) is 20.1 Å². The summed E-state index contributed by atoms with van der Waals surface area (Å²) < 4.78 is 22.6. The summed E-state index contributed by atoms with van der Waals surface area (Å²) in [4.78, 5) is 11.9. The highest BCUT2D eigenvalue weighted by molar-refractivity contribution is 7.93. The van der Waals surface area contributed by atoms with E-state index in [2.05, 4.69) is 5.32 Å². The van der Waals surface area contributed by atoms with Crippen molar-refractivity contribution in [3.8, 4) is 0 Å². The van der Waals surface area contributed by atoms with Crippen molar-refractivity contribution in [2.45, 2.75) is 18.6 Å². The van der Waals surface area contributed by atoms with Crippen LogP contribution in [0.2, 0.25) is 0 Å². The van der Waals surface area contributed by atoms with Gasteiger partial charge in [0.2, 0.25) is 5.91 Å². The summed E-state index contributed by atoms with van der Waals surface area (Å²) in [5, 5.41) is 2.61. The van der Waals surface area contributed by atoms with Crippen molar-refractivity contribution in [2.24, 2.45) is 0 Å². The SMILES string of the molecule is CCS(=O)(=O)C1(C)C(=O)Nc2ccccc21. The first-order valence-corrected chi connectivity index (χ1v) is 6.72. The van der Waals surface area contributed by atoms with Crippen LogP contribution < -0.4 is 5.32 Å². The van der Waals surface area contributed by atoms with Crippen LogP contribution in [0, 0.1) is 0 Å². The summed E-state index contributed by atoms with van der Waals surface area (Å²) in [6.07, 6.45) is 0. The molecule has 1 unspecified atom stereocenters. The van der Waals surface area contributed by atoms with E-state index in [1.165, 1.54) is 6.92 Å². The van der Waals surface area contributed by atoms with Crippen molar-refractivity contribution in [3.05, 3.63) is 29.8 Å². The molecular weight excluding hydrogens is 226 g/mol. The summed E-state index contributed by atoms with van der Waals surface area (Å²) in [6, 6.07) is 6.90. The molecule has 0 saturated carbocycles. The van der Waals surface area contributed by atoms with Crippen molar-refractivity contribution in [1.29, 1.82) is 0 Å². The Hall–Kier alpha value is -1.36. The molecule has 4 nitrogen and oxygen atoms in total. The van der Waals surface area contributed by atoms with Crippen LogP contribution in [0.5, 0.6) is 0 Å². The molecular formula is C11H13NO3S. The second-order valence-electron chi connectivity index (χ2n) is 3.94. The van der Waals surface area contributed by atoms with Crippen LogP contribution in [0.15, 0.2) is 24.3 Å². The molecule has 2 rings (SSSR count). The zero-order chi connectivity index (χ0) is 12.0. The third kappa shape index (κ3) is 1.21. The van der Waals surface area contributed by atoms with Crippen molar-refractivity contribution in [3.63, 3.8) is 0 Å². The van der Waals surface area contributed by atoms with Gasteiger partial charge in [-0.05, 0) is 13.0 Å². The van der Waals surface area contributed by atoms with E-state index >= 15 is 0 Å². The third-order valence-corrected chi connectivity index (χ3v) is 5.53. The molecule has 0 spiro atoms. The number of hydrogen-bond acceptors (Lipinski definition) is 3. The number of hydrogen-bond donors (Lipinski definition) is 1. The smallest absolute Gasteiger partial charge is 0.250 e. The summed E-state index contributed by atoms with van der Waals surface area (Å²) in [6.45, 7) is 3.02. The Bertz CT molecular complexity index is 550. The van der Waals surface area contributed by atoms with Gasteiger partial charge in [0, 0.05) is 17.0 Å². The highest BCUT2D eigenvalue weighted by atomic mass is 32.2. The Kier molecular flexibility index (Phi) is 2.31. The molecule has 5 heteroatoms. The number of anilines is 1. The summed E-state index contributed by atoms with van der Waals surface area (Å²) in [5.41, 5.74) is 1.13. The number of fused-ring (bicyclic) bond motifs is 1. The normalized spacial score (nSPS) is 24.0. The minimum atomic E-state index is -3.47. The minimum absolute atomic E-state index is 0.0503. The topological polar surface area (TPSA) is 63.2 Å². The van der Waals surface area contributed by atoms with E-state index in [0.717, 1.165) is 0 Å². The number of nitrogens with one attached hydrogen (secondary N) is 1. The molecule has 1 aromatic carbocycles. The van der Waals surface area contributed by atoms with Crippen molar-refractivity contribution >= 4 is 21.4 Å². The van der Waals surface area contributed by atoms with Crippen LogP contribution in [0.4, 0.5) is 5.69 Å². The van der Waals surface area contributed by atoms with E-state index < -0.39 is 20.5 Å². The summed E-state index contributed by atoms with van der Waals surface area (Å²) >= 11 is 0. The van der Waals surface area contributed by atoms with Gasteiger partial charge in [-0.15, -0.1) is 0 Å².